The van der Waals surface area contributed by atoms with Crippen LogP contribution in [0.5, 0.6) is 0 Å². The molecule has 0 aliphatic carbocycles. The Kier molecular flexibility index (Phi) is 7.74. The minimum absolute atomic E-state index is 0.0747. The number of rotatable bonds is 8. The predicted octanol–water partition coefficient (Wildman–Crippen LogP) is 2.65. The van der Waals surface area contributed by atoms with Crippen LogP contribution < -0.4 is 5.32 Å². The van der Waals surface area contributed by atoms with E-state index in [0.717, 1.165) is 0 Å². The molecule has 1 saturated heterocycles. The number of carbonyl (C=O) groups is 3. The number of ether oxygens (including phenoxy) is 3. The van der Waals surface area contributed by atoms with Crippen molar-refractivity contribution in [3.05, 3.63) is 66.2 Å². The van der Waals surface area contributed by atoms with Gasteiger partial charge in [0.05, 0.1) is 6.04 Å². The minimum Gasteiger partial charge on any atom is -0.731 e. The summed E-state index contributed by atoms with van der Waals surface area (Å²) < 4.78 is 50.3. The Balaban J connectivity index is 1.65. The first-order valence-electron chi connectivity index (χ1n) is 10.3. The van der Waals surface area contributed by atoms with Crippen LogP contribution >= 0.6 is 0 Å². The summed E-state index contributed by atoms with van der Waals surface area (Å²) in [4.78, 5) is 36.7. The molecular weight excluding hydrogens is 468 g/mol. The summed E-state index contributed by atoms with van der Waals surface area (Å²) in [6, 6.07) is 15.7. The number of benzene rings is 2. The van der Waals surface area contributed by atoms with Gasteiger partial charge in [-0.2, -0.15) is 0 Å². The van der Waals surface area contributed by atoms with Crippen LogP contribution in [0.1, 0.15) is 19.4 Å². The molecule has 0 saturated carbocycles. The fraction of sp³-hybridized carbons (Fsp3) is 0.318. The van der Waals surface area contributed by atoms with Crippen molar-refractivity contribution in [3.8, 4) is 0 Å². The van der Waals surface area contributed by atoms with Crippen molar-refractivity contribution in [2.24, 2.45) is 5.92 Å². The second-order valence-electron chi connectivity index (χ2n) is 7.56. The lowest BCUT2D eigenvalue weighted by atomic mass is 9.83. The van der Waals surface area contributed by atoms with Crippen LogP contribution in [-0.4, -0.2) is 53.7 Å². The van der Waals surface area contributed by atoms with Crippen molar-refractivity contribution in [3.63, 3.8) is 0 Å². The molecule has 1 fully saturated rings. The van der Waals surface area contributed by atoms with Gasteiger partial charge in [-0.25, -0.2) is 22.3 Å². The molecule has 4 atom stereocenters. The topological polar surface area (TPSA) is 151 Å². The third-order valence-electron chi connectivity index (χ3n) is 5.16. The molecule has 0 radical (unpaired) electrons. The normalized spacial score (nSPS) is 19.4. The number of anilines is 1. The van der Waals surface area contributed by atoms with Crippen LogP contribution in [0.3, 0.4) is 0 Å². The van der Waals surface area contributed by atoms with Gasteiger partial charge in [-0.05, 0) is 31.5 Å². The molecule has 2 aromatic rings. The third-order valence-corrected chi connectivity index (χ3v) is 6.07. The summed E-state index contributed by atoms with van der Waals surface area (Å²) in [5.41, 5.74) is 1.13. The molecule has 182 valence electrons. The Labute approximate surface area is 196 Å². The number of nitrogens with one attached hydrogen (secondary N) is 1. The van der Waals surface area contributed by atoms with Gasteiger partial charge in [0.25, 0.3) is 0 Å². The molecular formula is C22H23N2O9S-. The third kappa shape index (κ3) is 6.02. The van der Waals surface area contributed by atoms with Crippen LogP contribution in [0.15, 0.2) is 60.7 Å². The fourth-order valence-electron chi connectivity index (χ4n) is 3.61. The van der Waals surface area contributed by atoms with E-state index in [1.165, 1.54) is 13.8 Å². The quantitative estimate of drug-likeness (QED) is 0.334. The molecule has 0 aromatic heterocycles. The highest BCUT2D eigenvalue weighted by atomic mass is 32.2. The van der Waals surface area contributed by atoms with E-state index in [9.17, 15) is 27.4 Å². The molecule has 2 aromatic carbocycles. The SMILES string of the molecule is C[C@H](OC(=O)Nc1ccccc1)[C@@H]1[C@@H]([C@@H](C)OC(=O)OCc2ccccc2)C(=O)N1S(=O)(=O)[O-]. The van der Waals surface area contributed by atoms with E-state index in [1.807, 2.05) is 0 Å². The fourth-order valence-corrected chi connectivity index (χ4v) is 4.55. The van der Waals surface area contributed by atoms with Crippen molar-refractivity contribution in [2.45, 2.75) is 38.7 Å². The molecule has 0 bridgehead atoms. The monoisotopic (exact) mass is 491 g/mol. The van der Waals surface area contributed by atoms with E-state index in [0.29, 0.717) is 11.3 Å². The largest absolute Gasteiger partial charge is 0.731 e. The summed E-state index contributed by atoms with van der Waals surface area (Å²) in [7, 11) is -5.19. The van der Waals surface area contributed by atoms with Crippen molar-refractivity contribution < 1.29 is 41.6 Å². The Bertz CT molecular complexity index is 1130. The van der Waals surface area contributed by atoms with Crippen LogP contribution in [0.2, 0.25) is 0 Å². The van der Waals surface area contributed by atoms with E-state index < -0.39 is 52.6 Å². The van der Waals surface area contributed by atoms with E-state index in [4.69, 9.17) is 14.2 Å². The lowest BCUT2D eigenvalue weighted by Crippen LogP contribution is -2.70. The maximum atomic E-state index is 12.5. The minimum atomic E-state index is -5.19. The first kappa shape index (κ1) is 25.0. The summed E-state index contributed by atoms with van der Waals surface area (Å²) in [5.74, 6) is -2.31. The molecule has 1 N–H and O–H groups in total. The Morgan fingerprint density at radius 3 is 2.18 bits per heavy atom. The van der Waals surface area contributed by atoms with Gasteiger partial charge in [0, 0.05) is 5.69 Å². The summed E-state index contributed by atoms with van der Waals surface area (Å²) in [6.07, 6.45) is -4.39. The number of para-hydroxylation sites is 1. The molecule has 1 aliphatic rings. The average molecular weight is 491 g/mol. The molecule has 3 rings (SSSR count). The summed E-state index contributed by atoms with van der Waals surface area (Å²) in [6.45, 7) is 2.60. The summed E-state index contributed by atoms with van der Waals surface area (Å²) in [5, 5.41) is 2.45. The Morgan fingerprint density at radius 1 is 1.00 bits per heavy atom. The number of nitrogens with zero attached hydrogens (tertiary/aromatic N) is 1. The zero-order valence-corrected chi connectivity index (χ0v) is 19.1. The predicted molar refractivity (Wildman–Crippen MR) is 117 cm³/mol. The zero-order chi connectivity index (χ0) is 24.9. The maximum Gasteiger partial charge on any atom is 0.508 e. The van der Waals surface area contributed by atoms with Crippen molar-refractivity contribution in [2.75, 3.05) is 5.32 Å². The Hall–Kier alpha value is -3.64. The van der Waals surface area contributed by atoms with Crippen LogP contribution in [0.25, 0.3) is 0 Å². The van der Waals surface area contributed by atoms with Crippen LogP contribution in [0, 0.1) is 5.92 Å². The first-order valence-corrected chi connectivity index (χ1v) is 11.6. The number of hydrogen-bond donors (Lipinski definition) is 1. The van der Waals surface area contributed by atoms with Crippen LogP contribution in [-0.2, 0) is 35.9 Å². The molecule has 0 unspecified atom stereocenters. The maximum absolute atomic E-state index is 12.5. The lowest BCUT2D eigenvalue weighted by molar-refractivity contribution is -0.161. The van der Waals surface area contributed by atoms with Crippen molar-refractivity contribution in [1.29, 1.82) is 0 Å². The second kappa shape index (κ2) is 10.5. The van der Waals surface area contributed by atoms with E-state index >= 15 is 0 Å². The lowest BCUT2D eigenvalue weighted by Gasteiger charge is -2.50. The first-order chi connectivity index (χ1) is 16.1. The van der Waals surface area contributed by atoms with Crippen molar-refractivity contribution in [1.82, 2.24) is 4.31 Å². The van der Waals surface area contributed by atoms with Gasteiger partial charge < -0.3 is 18.8 Å². The molecule has 11 nitrogen and oxygen atoms in total. The highest BCUT2D eigenvalue weighted by Crippen LogP contribution is 2.36. The highest BCUT2D eigenvalue weighted by molar-refractivity contribution is 7.84. The zero-order valence-electron chi connectivity index (χ0n) is 18.3. The van der Waals surface area contributed by atoms with E-state index in [-0.39, 0.29) is 10.9 Å². The number of amides is 2. The van der Waals surface area contributed by atoms with Gasteiger partial charge in [-0.1, -0.05) is 48.5 Å². The molecule has 12 heteroatoms. The van der Waals surface area contributed by atoms with Crippen LogP contribution in [0.4, 0.5) is 15.3 Å². The Morgan fingerprint density at radius 2 is 1.59 bits per heavy atom. The average Bonchev–Trinajstić information content (AvgIpc) is 2.76. The van der Waals surface area contributed by atoms with Gasteiger partial charge in [-0.15, -0.1) is 0 Å². The van der Waals surface area contributed by atoms with Crippen molar-refractivity contribution >= 4 is 34.1 Å². The highest BCUT2D eigenvalue weighted by Gasteiger charge is 2.57. The summed E-state index contributed by atoms with van der Waals surface area (Å²) >= 11 is 0. The number of β-lactam (4-membered cyclic amide) rings is 1. The molecule has 0 spiro atoms. The standard InChI is InChI=1S/C22H24N2O9S/c1-14(33-22(27)31-13-16-9-5-3-6-10-16)18-19(24(20(18)25)34(28,29)30)15(2)32-21(26)23-17-11-7-4-8-12-17/h3-12,14-15,18-19H,13H2,1-2H3,(H,23,26)(H,28,29,30)/p-1/t14-,15+,18-,19-/m1/s1. The van der Waals surface area contributed by atoms with Gasteiger partial charge in [0.1, 0.15) is 24.7 Å². The van der Waals surface area contributed by atoms with E-state index in [1.54, 1.807) is 60.7 Å². The van der Waals surface area contributed by atoms with Gasteiger partial charge >= 0.3 is 12.2 Å². The number of hydrogen-bond acceptors (Lipinski definition) is 9. The van der Waals surface area contributed by atoms with Gasteiger partial charge in [0.15, 0.2) is 10.3 Å². The van der Waals surface area contributed by atoms with Gasteiger partial charge in [-0.3, -0.25) is 10.1 Å². The number of carbonyl (C=O) groups excluding carboxylic acids is 3. The molecule has 34 heavy (non-hydrogen) atoms. The molecule has 2 amide bonds. The van der Waals surface area contributed by atoms with Gasteiger partial charge in [0.2, 0.25) is 5.91 Å². The second-order valence-corrected chi connectivity index (χ2v) is 8.81. The van der Waals surface area contributed by atoms with E-state index in [2.05, 4.69) is 5.32 Å². The molecule has 1 aliphatic heterocycles. The smallest absolute Gasteiger partial charge is 0.508 e. The molecule has 1 heterocycles.